The lowest BCUT2D eigenvalue weighted by Gasteiger charge is -2.00. The quantitative estimate of drug-likeness (QED) is 0.761. The highest BCUT2D eigenvalue weighted by atomic mass is 16.4. The average molecular weight is 280 g/mol. The predicted molar refractivity (Wildman–Crippen MR) is 79.3 cm³/mol. The van der Waals surface area contributed by atoms with Crippen LogP contribution in [0, 0.1) is 5.92 Å². The zero-order valence-corrected chi connectivity index (χ0v) is 12.4. The van der Waals surface area contributed by atoms with E-state index in [2.05, 4.69) is 20.8 Å². The normalized spacial score (nSPS) is 9.80. The topological polar surface area (TPSA) is 74.6 Å². The van der Waals surface area contributed by atoms with E-state index in [-0.39, 0.29) is 11.1 Å². The summed E-state index contributed by atoms with van der Waals surface area (Å²) in [7, 11) is 0. The fraction of sp³-hybridized carbons (Fsp3) is 0.500. The molecule has 20 heavy (non-hydrogen) atoms. The van der Waals surface area contributed by atoms with Gasteiger partial charge in [-0.25, -0.2) is 9.59 Å². The van der Waals surface area contributed by atoms with Crippen LogP contribution in [0.4, 0.5) is 0 Å². The van der Waals surface area contributed by atoms with E-state index in [1.165, 1.54) is 49.9 Å². The van der Waals surface area contributed by atoms with Crippen molar-refractivity contribution in [1.82, 2.24) is 0 Å². The van der Waals surface area contributed by atoms with E-state index < -0.39 is 11.9 Å². The molecule has 112 valence electrons. The van der Waals surface area contributed by atoms with E-state index >= 15 is 0 Å². The van der Waals surface area contributed by atoms with Gasteiger partial charge in [-0.3, -0.25) is 0 Å². The van der Waals surface area contributed by atoms with Crippen LogP contribution in [0.3, 0.4) is 0 Å². The monoisotopic (exact) mass is 280 g/mol. The summed E-state index contributed by atoms with van der Waals surface area (Å²) in [6.45, 7) is 6.83. The summed E-state index contributed by atoms with van der Waals surface area (Å²) < 4.78 is 0. The first-order valence-electron chi connectivity index (χ1n) is 6.95. The van der Waals surface area contributed by atoms with Crippen molar-refractivity contribution in [3.8, 4) is 0 Å². The largest absolute Gasteiger partial charge is 0.478 e. The predicted octanol–water partition coefficient (Wildman–Crippen LogP) is 4.31. The van der Waals surface area contributed by atoms with Crippen LogP contribution in [0.5, 0.6) is 0 Å². The van der Waals surface area contributed by atoms with Gasteiger partial charge in [0, 0.05) is 0 Å². The summed E-state index contributed by atoms with van der Waals surface area (Å²) in [5, 5.41) is 16.9. The molecule has 0 aliphatic carbocycles. The van der Waals surface area contributed by atoms with Crippen molar-refractivity contribution < 1.29 is 19.8 Å². The Morgan fingerprint density at radius 1 is 0.950 bits per heavy atom. The molecule has 0 heterocycles. The van der Waals surface area contributed by atoms with Crippen molar-refractivity contribution in [2.45, 2.75) is 46.5 Å². The van der Waals surface area contributed by atoms with E-state index in [0.29, 0.717) is 0 Å². The molecule has 1 aromatic carbocycles. The van der Waals surface area contributed by atoms with Crippen LogP contribution in [-0.4, -0.2) is 22.2 Å². The number of benzene rings is 1. The van der Waals surface area contributed by atoms with Gasteiger partial charge in [0.2, 0.25) is 0 Å². The van der Waals surface area contributed by atoms with Gasteiger partial charge in [0.25, 0.3) is 0 Å². The maximum Gasteiger partial charge on any atom is 0.335 e. The highest BCUT2D eigenvalue weighted by molar-refractivity contribution is 5.91. The number of carboxylic acids is 2. The van der Waals surface area contributed by atoms with Crippen molar-refractivity contribution in [3.63, 3.8) is 0 Å². The van der Waals surface area contributed by atoms with E-state index in [1.54, 1.807) is 0 Å². The molecule has 0 saturated carbocycles. The summed E-state index contributed by atoms with van der Waals surface area (Å²) in [4.78, 5) is 20.7. The molecule has 0 radical (unpaired) electrons. The molecule has 0 saturated heterocycles. The van der Waals surface area contributed by atoms with Gasteiger partial charge in [0.05, 0.1) is 11.1 Å². The fourth-order valence-electron chi connectivity index (χ4n) is 1.56. The molecule has 0 spiro atoms. The van der Waals surface area contributed by atoms with Gasteiger partial charge < -0.3 is 10.2 Å². The molecule has 0 atom stereocenters. The number of hydrogen-bond acceptors (Lipinski definition) is 2. The summed E-state index contributed by atoms with van der Waals surface area (Å²) >= 11 is 0. The van der Waals surface area contributed by atoms with Crippen molar-refractivity contribution in [3.05, 3.63) is 35.4 Å². The molecule has 0 aliphatic heterocycles. The van der Waals surface area contributed by atoms with Gasteiger partial charge in [-0.15, -0.1) is 0 Å². The molecule has 0 aliphatic rings. The number of unbranched alkanes of at least 4 members (excludes halogenated alkanes) is 2. The second-order valence-electron chi connectivity index (χ2n) is 5.08. The lowest BCUT2D eigenvalue weighted by Crippen LogP contribution is -1.99. The van der Waals surface area contributed by atoms with Crippen LogP contribution in [0.1, 0.15) is 67.2 Å². The molecule has 0 bridgehead atoms. The SMILES string of the molecule is CCCCCC(C)C.O=C(O)c1ccc(C(=O)O)cc1. The molecule has 0 unspecified atom stereocenters. The zero-order valence-electron chi connectivity index (χ0n) is 12.4. The third kappa shape index (κ3) is 8.29. The number of carbonyl (C=O) groups is 2. The highest BCUT2D eigenvalue weighted by Gasteiger charge is 2.04. The van der Waals surface area contributed by atoms with Gasteiger partial charge in [0.1, 0.15) is 0 Å². The molecular formula is C16H24O4. The van der Waals surface area contributed by atoms with E-state index in [1.807, 2.05) is 0 Å². The maximum atomic E-state index is 10.3. The molecule has 0 aromatic heterocycles. The minimum Gasteiger partial charge on any atom is -0.478 e. The Morgan fingerprint density at radius 3 is 1.60 bits per heavy atom. The maximum absolute atomic E-state index is 10.3. The van der Waals surface area contributed by atoms with Crippen LogP contribution >= 0.6 is 0 Å². The lowest BCUT2D eigenvalue weighted by molar-refractivity contribution is 0.0681. The average Bonchev–Trinajstić information content (AvgIpc) is 2.39. The summed E-state index contributed by atoms with van der Waals surface area (Å²) in [5.41, 5.74) is 0.167. The van der Waals surface area contributed by atoms with Gasteiger partial charge in [-0.05, 0) is 30.2 Å². The zero-order chi connectivity index (χ0) is 15.5. The van der Waals surface area contributed by atoms with E-state index in [4.69, 9.17) is 10.2 Å². The fourth-order valence-corrected chi connectivity index (χ4v) is 1.56. The Bertz CT molecular complexity index is 374. The Hall–Kier alpha value is -1.84. The van der Waals surface area contributed by atoms with Gasteiger partial charge in [-0.1, -0.05) is 46.5 Å². The van der Waals surface area contributed by atoms with Crippen molar-refractivity contribution in [1.29, 1.82) is 0 Å². The van der Waals surface area contributed by atoms with Crippen molar-refractivity contribution >= 4 is 11.9 Å². The Labute approximate surface area is 120 Å². The summed E-state index contributed by atoms with van der Waals surface area (Å²) in [5.74, 6) is -1.22. The highest BCUT2D eigenvalue weighted by Crippen LogP contribution is 2.06. The molecule has 1 rings (SSSR count). The minimum atomic E-state index is -1.06. The van der Waals surface area contributed by atoms with E-state index in [0.717, 1.165) is 5.92 Å². The molecule has 0 amide bonds. The third-order valence-electron chi connectivity index (χ3n) is 2.76. The Balaban J connectivity index is 0.000000396. The molecule has 1 aromatic rings. The first-order chi connectivity index (χ1) is 9.38. The van der Waals surface area contributed by atoms with Crippen molar-refractivity contribution in [2.75, 3.05) is 0 Å². The Morgan fingerprint density at radius 2 is 1.35 bits per heavy atom. The van der Waals surface area contributed by atoms with Gasteiger partial charge in [-0.2, -0.15) is 0 Å². The standard InChI is InChI=1S/C8H6O4.C8H18/c9-7(10)5-1-2-6(4-3-5)8(11)12;1-4-5-6-7-8(2)3/h1-4H,(H,9,10)(H,11,12);8H,4-7H2,1-3H3. The molecule has 0 fully saturated rings. The first kappa shape index (κ1) is 18.2. The molecule has 4 heteroatoms. The van der Waals surface area contributed by atoms with Crippen LogP contribution < -0.4 is 0 Å². The lowest BCUT2D eigenvalue weighted by atomic mass is 10.1. The summed E-state index contributed by atoms with van der Waals surface area (Å²) in [6, 6.07) is 5.02. The Kier molecular flexibility index (Phi) is 9.09. The second-order valence-corrected chi connectivity index (χ2v) is 5.08. The van der Waals surface area contributed by atoms with Crippen LogP contribution in [0.25, 0.3) is 0 Å². The van der Waals surface area contributed by atoms with E-state index in [9.17, 15) is 9.59 Å². The van der Waals surface area contributed by atoms with Crippen LogP contribution in [0.15, 0.2) is 24.3 Å². The third-order valence-corrected chi connectivity index (χ3v) is 2.76. The molecule has 4 nitrogen and oxygen atoms in total. The van der Waals surface area contributed by atoms with Crippen LogP contribution in [0.2, 0.25) is 0 Å². The molecular weight excluding hydrogens is 256 g/mol. The number of rotatable bonds is 6. The van der Waals surface area contributed by atoms with Gasteiger partial charge in [0.15, 0.2) is 0 Å². The summed E-state index contributed by atoms with van der Waals surface area (Å²) in [6.07, 6.45) is 5.60. The minimum absolute atomic E-state index is 0.0833. The van der Waals surface area contributed by atoms with Crippen molar-refractivity contribution in [2.24, 2.45) is 5.92 Å². The van der Waals surface area contributed by atoms with Gasteiger partial charge >= 0.3 is 11.9 Å². The second kappa shape index (κ2) is 10.0. The smallest absolute Gasteiger partial charge is 0.335 e. The number of aromatic carboxylic acids is 2. The number of hydrogen-bond donors (Lipinski definition) is 2. The van der Waals surface area contributed by atoms with Crippen LogP contribution in [-0.2, 0) is 0 Å². The first-order valence-corrected chi connectivity index (χ1v) is 6.95. The number of carboxylic acid groups (broad SMARTS) is 2. The molecule has 2 N–H and O–H groups in total.